The van der Waals surface area contributed by atoms with Gasteiger partial charge in [0.2, 0.25) is 0 Å². The molecule has 0 aromatic heterocycles. The molecule has 2 aliphatic carbocycles. The van der Waals surface area contributed by atoms with Gasteiger partial charge in [0.05, 0.1) is 0 Å². The van der Waals surface area contributed by atoms with E-state index in [0.29, 0.717) is 18.2 Å². The highest BCUT2D eigenvalue weighted by molar-refractivity contribution is 5.91. The first-order valence-corrected chi connectivity index (χ1v) is 5.19. The first-order valence-electron chi connectivity index (χ1n) is 5.19. The van der Waals surface area contributed by atoms with Crippen LogP contribution in [0.25, 0.3) is 0 Å². The smallest absolute Gasteiger partial charge is 0.143 e. The summed E-state index contributed by atoms with van der Waals surface area (Å²) in [5, 5.41) is 0. The number of carbonyl (C=O) groups excluding carboxylic acids is 1. The van der Waals surface area contributed by atoms with Crippen LogP contribution in [0.15, 0.2) is 0 Å². The summed E-state index contributed by atoms with van der Waals surface area (Å²) in [6.45, 7) is 7.14. The van der Waals surface area contributed by atoms with Gasteiger partial charge in [0.15, 0.2) is 0 Å². The lowest BCUT2D eigenvalue weighted by atomic mass is 9.70. The van der Waals surface area contributed by atoms with E-state index in [-0.39, 0.29) is 16.7 Å². The van der Waals surface area contributed by atoms with Crippen LogP contribution in [0.2, 0.25) is 0 Å². The third-order valence-corrected chi connectivity index (χ3v) is 4.92. The Bertz CT molecular complexity index is 259. The average Bonchev–Trinajstić information content (AvgIpc) is 2.36. The second-order valence-corrected chi connectivity index (χ2v) is 5.41. The Morgan fingerprint density at radius 1 is 1.46 bits per heavy atom. The van der Waals surface area contributed by atoms with Gasteiger partial charge in [-0.25, -0.2) is 0 Å². The molecule has 0 saturated heterocycles. The third kappa shape index (κ3) is 0.804. The van der Waals surface area contributed by atoms with Crippen molar-refractivity contribution in [3.8, 4) is 0 Å². The molecule has 1 unspecified atom stereocenters. The van der Waals surface area contributed by atoms with E-state index in [4.69, 9.17) is 5.73 Å². The summed E-state index contributed by atoms with van der Waals surface area (Å²) in [4.78, 5) is 12.1. The summed E-state index contributed by atoms with van der Waals surface area (Å²) in [7, 11) is 0. The zero-order chi connectivity index (χ0) is 9.85. The normalized spacial score (nSPS) is 47.2. The maximum atomic E-state index is 12.1. The zero-order valence-corrected chi connectivity index (χ0v) is 8.76. The van der Waals surface area contributed by atoms with Crippen molar-refractivity contribution in [3.63, 3.8) is 0 Å². The van der Waals surface area contributed by atoms with Crippen LogP contribution in [0, 0.1) is 22.7 Å². The quantitative estimate of drug-likeness (QED) is 0.667. The minimum Gasteiger partial charge on any atom is -0.330 e. The predicted molar refractivity (Wildman–Crippen MR) is 52.2 cm³/mol. The molecule has 2 fully saturated rings. The fraction of sp³-hybridized carbons (Fsp3) is 0.909. The molecule has 0 heterocycles. The number of nitrogens with two attached hydrogens (primary N) is 1. The van der Waals surface area contributed by atoms with Crippen LogP contribution < -0.4 is 5.73 Å². The summed E-state index contributed by atoms with van der Waals surface area (Å²) >= 11 is 0. The topological polar surface area (TPSA) is 43.1 Å². The average molecular weight is 181 g/mol. The Morgan fingerprint density at radius 2 is 2.08 bits per heavy atom. The lowest BCUT2D eigenvalue weighted by molar-refractivity contribution is -0.131. The molecule has 2 aliphatic rings. The van der Waals surface area contributed by atoms with E-state index >= 15 is 0 Å². The maximum Gasteiger partial charge on any atom is 0.143 e. The molecule has 0 aromatic carbocycles. The summed E-state index contributed by atoms with van der Waals surface area (Å²) in [6.07, 6.45) is 2.26. The molecule has 0 aliphatic heterocycles. The number of Topliss-reactive ketones (excluding diaryl/α,β-unsaturated/α-hetero) is 1. The minimum absolute atomic E-state index is 0.0816. The van der Waals surface area contributed by atoms with E-state index in [0.717, 1.165) is 6.42 Å². The highest BCUT2D eigenvalue weighted by Gasteiger charge is 2.65. The van der Waals surface area contributed by atoms with Gasteiger partial charge in [-0.2, -0.15) is 0 Å². The van der Waals surface area contributed by atoms with Crippen molar-refractivity contribution in [3.05, 3.63) is 0 Å². The second-order valence-electron chi connectivity index (χ2n) is 5.41. The molecule has 3 atom stereocenters. The maximum absolute atomic E-state index is 12.1. The first-order chi connectivity index (χ1) is 5.95. The molecule has 2 nitrogen and oxygen atoms in total. The van der Waals surface area contributed by atoms with Crippen LogP contribution in [-0.2, 0) is 4.79 Å². The fourth-order valence-corrected chi connectivity index (χ4v) is 3.54. The standard InChI is InChI=1S/C11H19NO/c1-10(2)8-4-5-11(10,3)9(13)7(8)6-12/h7-8H,4-6,12H2,1-3H3/t7?,8-,11+/m1/s1. The summed E-state index contributed by atoms with van der Waals surface area (Å²) in [5.74, 6) is 1.11. The first kappa shape index (κ1) is 9.20. The molecule has 2 rings (SSSR count). The van der Waals surface area contributed by atoms with Crippen LogP contribution in [0.5, 0.6) is 0 Å². The van der Waals surface area contributed by atoms with E-state index in [1.165, 1.54) is 6.42 Å². The summed E-state index contributed by atoms with van der Waals surface area (Å²) in [6, 6.07) is 0. The van der Waals surface area contributed by atoms with Crippen LogP contribution >= 0.6 is 0 Å². The van der Waals surface area contributed by atoms with Gasteiger partial charge in [0, 0.05) is 17.9 Å². The summed E-state index contributed by atoms with van der Waals surface area (Å²) in [5.41, 5.74) is 5.76. The molecule has 0 radical (unpaired) electrons. The molecule has 2 saturated carbocycles. The van der Waals surface area contributed by atoms with E-state index in [2.05, 4.69) is 20.8 Å². The van der Waals surface area contributed by atoms with Crippen LogP contribution in [0.4, 0.5) is 0 Å². The van der Waals surface area contributed by atoms with Crippen molar-refractivity contribution in [2.24, 2.45) is 28.4 Å². The lowest BCUT2D eigenvalue weighted by Crippen LogP contribution is -2.35. The van der Waals surface area contributed by atoms with Crippen molar-refractivity contribution < 1.29 is 4.79 Å². The van der Waals surface area contributed by atoms with Crippen molar-refractivity contribution in [2.75, 3.05) is 6.54 Å². The molecular formula is C11H19NO. The highest BCUT2D eigenvalue weighted by atomic mass is 16.1. The number of rotatable bonds is 1. The van der Waals surface area contributed by atoms with Crippen LogP contribution in [-0.4, -0.2) is 12.3 Å². The number of hydrogen-bond acceptors (Lipinski definition) is 2. The van der Waals surface area contributed by atoms with Gasteiger partial charge in [0.1, 0.15) is 5.78 Å². The Morgan fingerprint density at radius 3 is 2.38 bits per heavy atom. The predicted octanol–water partition coefficient (Wildman–Crippen LogP) is 1.59. The Kier molecular flexibility index (Phi) is 1.66. The number of hydrogen-bond donors (Lipinski definition) is 1. The fourth-order valence-electron chi connectivity index (χ4n) is 3.54. The SMILES string of the molecule is CC1(C)[C@@H]2CC[C@@]1(C)C(=O)C2CN. The van der Waals surface area contributed by atoms with E-state index < -0.39 is 0 Å². The van der Waals surface area contributed by atoms with Gasteiger partial charge < -0.3 is 5.73 Å². The third-order valence-electron chi connectivity index (χ3n) is 4.92. The molecule has 2 heteroatoms. The van der Waals surface area contributed by atoms with Crippen molar-refractivity contribution >= 4 is 5.78 Å². The molecule has 2 N–H and O–H groups in total. The van der Waals surface area contributed by atoms with Crippen molar-refractivity contribution in [1.82, 2.24) is 0 Å². The van der Waals surface area contributed by atoms with Crippen molar-refractivity contribution in [2.45, 2.75) is 33.6 Å². The highest BCUT2D eigenvalue weighted by Crippen LogP contribution is 2.65. The van der Waals surface area contributed by atoms with Gasteiger partial charge in [-0.3, -0.25) is 4.79 Å². The molecule has 2 bridgehead atoms. The van der Waals surface area contributed by atoms with Gasteiger partial charge >= 0.3 is 0 Å². The number of ketones is 1. The molecule has 74 valence electrons. The van der Waals surface area contributed by atoms with Gasteiger partial charge in [0.25, 0.3) is 0 Å². The minimum atomic E-state index is -0.0816. The van der Waals surface area contributed by atoms with Crippen LogP contribution in [0.3, 0.4) is 0 Å². The Labute approximate surface area is 79.9 Å². The molecule has 0 amide bonds. The molecule has 0 spiro atoms. The monoisotopic (exact) mass is 181 g/mol. The molecule has 13 heavy (non-hydrogen) atoms. The molecule has 0 aromatic rings. The molecular weight excluding hydrogens is 162 g/mol. The number of fused-ring (bicyclic) bond motifs is 2. The van der Waals surface area contributed by atoms with Crippen LogP contribution in [0.1, 0.15) is 33.6 Å². The Balaban J connectivity index is 2.44. The van der Waals surface area contributed by atoms with Crippen molar-refractivity contribution in [1.29, 1.82) is 0 Å². The second kappa shape index (κ2) is 2.35. The van der Waals surface area contributed by atoms with Gasteiger partial charge in [-0.1, -0.05) is 20.8 Å². The van der Waals surface area contributed by atoms with Gasteiger partial charge in [-0.05, 0) is 24.2 Å². The van der Waals surface area contributed by atoms with Gasteiger partial charge in [-0.15, -0.1) is 0 Å². The lowest BCUT2D eigenvalue weighted by Gasteiger charge is -2.32. The largest absolute Gasteiger partial charge is 0.330 e. The Hall–Kier alpha value is -0.370. The van der Waals surface area contributed by atoms with E-state index in [9.17, 15) is 4.79 Å². The zero-order valence-electron chi connectivity index (χ0n) is 8.76. The van der Waals surface area contributed by atoms with E-state index in [1.54, 1.807) is 0 Å². The van der Waals surface area contributed by atoms with E-state index in [1.807, 2.05) is 0 Å². The summed E-state index contributed by atoms with van der Waals surface area (Å²) < 4.78 is 0. The number of carbonyl (C=O) groups is 1.